The molecule has 0 saturated carbocycles. The van der Waals surface area contributed by atoms with Gasteiger partial charge in [-0.2, -0.15) is 0 Å². The van der Waals surface area contributed by atoms with Crippen LogP contribution in [0.1, 0.15) is 16.5 Å². The first kappa shape index (κ1) is 14.4. The van der Waals surface area contributed by atoms with Crippen LogP contribution in [0.25, 0.3) is 0 Å². The summed E-state index contributed by atoms with van der Waals surface area (Å²) in [4.78, 5) is 1.24. The zero-order chi connectivity index (χ0) is 13.8. The van der Waals surface area contributed by atoms with Crippen molar-refractivity contribution in [2.45, 2.75) is 6.04 Å². The standard InChI is InChI=1S/C14H16BrNO2S/c1-16-14(12-4-5-13(15)19-12)9-6-10(17-2)8-11(7-9)18-3/h4-8,14,16H,1-3H3. The summed E-state index contributed by atoms with van der Waals surface area (Å²) < 4.78 is 11.8. The molecule has 3 nitrogen and oxygen atoms in total. The zero-order valence-corrected chi connectivity index (χ0v) is 13.5. The van der Waals surface area contributed by atoms with Crippen LogP contribution in [0.15, 0.2) is 34.1 Å². The van der Waals surface area contributed by atoms with Crippen LogP contribution in [0.3, 0.4) is 0 Å². The van der Waals surface area contributed by atoms with Crippen molar-refractivity contribution in [3.8, 4) is 11.5 Å². The molecule has 0 aliphatic rings. The molecule has 0 aliphatic heterocycles. The van der Waals surface area contributed by atoms with Crippen LogP contribution < -0.4 is 14.8 Å². The molecule has 19 heavy (non-hydrogen) atoms. The molecule has 0 saturated heterocycles. The van der Waals surface area contributed by atoms with Crippen LogP contribution >= 0.6 is 27.3 Å². The van der Waals surface area contributed by atoms with Crippen molar-refractivity contribution in [3.05, 3.63) is 44.6 Å². The van der Waals surface area contributed by atoms with Crippen LogP contribution in [0.2, 0.25) is 0 Å². The van der Waals surface area contributed by atoms with Gasteiger partial charge in [-0.25, -0.2) is 0 Å². The molecule has 1 aromatic heterocycles. The first-order valence-electron chi connectivity index (χ1n) is 5.83. The number of hydrogen-bond donors (Lipinski definition) is 1. The fourth-order valence-electron chi connectivity index (χ4n) is 1.95. The Morgan fingerprint density at radius 2 is 1.74 bits per heavy atom. The Bertz CT molecular complexity index is 534. The first-order chi connectivity index (χ1) is 9.17. The molecule has 0 bridgehead atoms. The lowest BCUT2D eigenvalue weighted by molar-refractivity contribution is 0.392. The average Bonchev–Trinajstić information content (AvgIpc) is 2.85. The van der Waals surface area contributed by atoms with Crippen LogP contribution in [0.5, 0.6) is 11.5 Å². The molecule has 1 atom stereocenters. The van der Waals surface area contributed by atoms with Crippen molar-refractivity contribution in [2.24, 2.45) is 0 Å². The summed E-state index contributed by atoms with van der Waals surface area (Å²) >= 11 is 5.21. The van der Waals surface area contributed by atoms with E-state index in [0.29, 0.717) is 0 Å². The van der Waals surface area contributed by atoms with Gasteiger partial charge in [0.15, 0.2) is 0 Å². The van der Waals surface area contributed by atoms with Gasteiger partial charge in [0.05, 0.1) is 24.0 Å². The minimum atomic E-state index is 0.125. The average molecular weight is 342 g/mol. The van der Waals surface area contributed by atoms with Crippen molar-refractivity contribution in [1.82, 2.24) is 5.32 Å². The van der Waals surface area contributed by atoms with Crippen LogP contribution in [0, 0.1) is 0 Å². The molecule has 2 rings (SSSR count). The van der Waals surface area contributed by atoms with E-state index in [1.54, 1.807) is 25.6 Å². The van der Waals surface area contributed by atoms with E-state index in [0.717, 1.165) is 20.8 Å². The number of methoxy groups -OCH3 is 2. The van der Waals surface area contributed by atoms with Crippen LogP contribution in [-0.4, -0.2) is 21.3 Å². The van der Waals surface area contributed by atoms with E-state index in [1.807, 2.05) is 25.2 Å². The van der Waals surface area contributed by atoms with Crippen molar-refractivity contribution in [1.29, 1.82) is 0 Å². The molecule has 0 aliphatic carbocycles. The van der Waals surface area contributed by atoms with Crippen LogP contribution in [-0.2, 0) is 0 Å². The largest absolute Gasteiger partial charge is 0.497 e. The highest BCUT2D eigenvalue weighted by Crippen LogP contribution is 2.34. The van der Waals surface area contributed by atoms with Gasteiger partial charge >= 0.3 is 0 Å². The molecule has 2 aromatic rings. The van der Waals surface area contributed by atoms with E-state index in [2.05, 4.69) is 33.4 Å². The fourth-order valence-corrected chi connectivity index (χ4v) is 3.51. The SMILES string of the molecule is CNC(c1cc(OC)cc(OC)c1)c1ccc(Br)s1. The summed E-state index contributed by atoms with van der Waals surface area (Å²) in [5, 5.41) is 3.33. The Hall–Kier alpha value is -1.04. The Balaban J connectivity index is 2.42. The highest BCUT2D eigenvalue weighted by Gasteiger charge is 2.16. The third-order valence-corrected chi connectivity index (χ3v) is 4.56. The molecule has 1 aromatic carbocycles. The van der Waals surface area contributed by atoms with Gasteiger partial charge in [0, 0.05) is 10.9 Å². The Labute approximate surface area is 125 Å². The van der Waals surface area contributed by atoms with Gasteiger partial charge in [0.25, 0.3) is 0 Å². The minimum Gasteiger partial charge on any atom is -0.497 e. The number of ether oxygens (including phenoxy) is 2. The molecular formula is C14H16BrNO2S. The summed E-state index contributed by atoms with van der Waals surface area (Å²) in [6.45, 7) is 0. The van der Waals surface area contributed by atoms with Gasteiger partial charge in [-0.05, 0) is 52.8 Å². The molecule has 0 fully saturated rings. The van der Waals surface area contributed by atoms with Crippen LogP contribution in [0.4, 0.5) is 0 Å². The zero-order valence-electron chi connectivity index (χ0n) is 11.1. The Kier molecular flexibility index (Phi) is 4.85. The van der Waals surface area contributed by atoms with Gasteiger partial charge in [-0.3, -0.25) is 0 Å². The van der Waals surface area contributed by atoms with E-state index < -0.39 is 0 Å². The second-order valence-electron chi connectivity index (χ2n) is 4.01. The third-order valence-electron chi connectivity index (χ3n) is 2.87. The third kappa shape index (κ3) is 3.29. The smallest absolute Gasteiger partial charge is 0.122 e. The maximum atomic E-state index is 5.32. The normalized spacial score (nSPS) is 12.2. The number of rotatable bonds is 5. The summed E-state index contributed by atoms with van der Waals surface area (Å²) in [5.74, 6) is 1.59. The highest BCUT2D eigenvalue weighted by atomic mass is 79.9. The summed E-state index contributed by atoms with van der Waals surface area (Å²) in [6, 6.07) is 10.2. The topological polar surface area (TPSA) is 30.5 Å². The van der Waals surface area contributed by atoms with E-state index in [9.17, 15) is 0 Å². The van der Waals surface area contributed by atoms with Crippen molar-refractivity contribution >= 4 is 27.3 Å². The monoisotopic (exact) mass is 341 g/mol. The molecule has 0 amide bonds. The first-order valence-corrected chi connectivity index (χ1v) is 7.44. The predicted molar refractivity (Wildman–Crippen MR) is 82.5 cm³/mol. The molecule has 102 valence electrons. The van der Waals surface area contributed by atoms with Gasteiger partial charge in [0.1, 0.15) is 11.5 Å². The quantitative estimate of drug-likeness (QED) is 0.896. The van der Waals surface area contributed by atoms with E-state index in [1.165, 1.54) is 4.88 Å². The van der Waals surface area contributed by atoms with Crippen molar-refractivity contribution in [3.63, 3.8) is 0 Å². The molecule has 1 heterocycles. The van der Waals surface area contributed by atoms with E-state index in [-0.39, 0.29) is 6.04 Å². The maximum Gasteiger partial charge on any atom is 0.122 e. The molecule has 5 heteroatoms. The van der Waals surface area contributed by atoms with Crippen molar-refractivity contribution in [2.75, 3.05) is 21.3 Å². The predicted octanol–water partition coefficient (Wildman–Crippen LogP) is 3.84. The number of nitrogens with one attached hydrogen (secondary N) is 1. The van der Waals surface area contributed by atoms with Gasteiger partial charge in [-0.1, -0.05) is 0 Å². The van der Waals surface area contributed by atoms with Gasteiger partial charge in [0.2, 0.25) is 0 Å². The minimum absolute atomic E-state index is 0.125. The lowest BCUT2D eigenvalue weighted by Gasteiger charge is -2.17. The van der Waals surface area contributed by atoms with Gasteiger partial charge in [-0.15, -0.1) is 11.3 Å². The molecule has 1 unspecified atom stereocenters. The van der Waals surface area contributed by atoms with E-state index in [4.69, 9.17) is 9.47 Å². The molecular weight excluding hydrogens is 326 g/mol. The molecule has 0 spiro atoms. The number of benzene rings is 1. The van der Waals surface area contributed by atoms with Crippen molar-refractivity contribution < 1.29 is 9.47 Å². The molecule has 0 radical (unpaired) electrons. The lowest BCUT2D eigenvalue weighted by Crippen LogP contribution is -2.16. The van der Waals surface area contributed by atoms with Gasteiger partial charge < -0.3 is 14.8 Å². The number of halogens is 1. The number of thiophene rings is 1. The second kappa shape index (κ2) is 6.41. The summed E-state index contributed by atoms with van der Waals surface area (Å²) in [6.07, 6.45) is 0. The Morgan fingerprint density at radius 3 is 2.16 bits per heavy atom. The fraction of sp³-hybridized carbons (Fsp3) is 0.286. The highest BCUT2D eigenvalue weighted by molar-refractivity contribution is 9.11. The second-order valence-corrected chi connectivity index (χ2v) is 6.50. The summed E-state index contributed by atoms with van der Waals surface area (Å²) in [7, 11) is 5.27. The van der Waals surface area contributed by atoms with E-state index >= 15 is 0 Å². The molecule has 1 N–H and O–H groups in total. The lowest BCUT2D eigenvalue weighted by atomic mass is 10.0. The maximum absolute atomic E-state index is 5.32. The number of hydrogen-bond acceptors (Lipinski definition) is 4. The Morgan fingerprint density at radius 1 is 1.11 bits per heavy atom. The summed E-state index contributed by atoms with van der Waals surface area (Å²) in [5.41, 5.74) is 1.12.